The molecule has 16 heavy (non-hydrogen) atoms. The Morgan fingerprint density at radius 2 is 2.44 bits per heavy atom. The Bertz CT molecular complexity index is 335. The number of nitrogens with two attached hydrogens (primary N) is 1. The van der Waals surface area contributed by atoms with E-state index in [1.165, 1.54) is 12.2 Å². The molecule has 1 aromatic rings. The fraction of sp³-hybridized carbons (Fsp3) is 0.800. The van der Waals surface area contributed by atoms with Crippen molar-refractivity contribution in [2.75, 3.05) is 26.4 Å². The summed E-state index contributed by atoms with van der Waals surface area (Å²) in [6.45, 7) is 0.733. The first-order valence-corrected chi connectivity index (χ1v) is 6.57. The summed E-state index contributed by atoms with van der Waals surface area (Å²) in [6, 6.07) is -0.168. The van der Waals surface area contributed by atoms with E-state index in [0.29, 0.717) is 11.1 Å². The second kappa shape index (κ2) is 5.16. The van der Waals surface area contributed by atoms with Crippen LogP contribution in [0.2, 0.25) is 0 Å². The third kappa shape index (κ3) is 2.75. The summed E-state index contributed by atoms with van der Waals surface area (Å²) in [5.74, 6) is 2.55. The predicted molar refractivity (Wildman–Crippen MR) is 64.2 cm³/mol. The van der Waals surface area contributed by atoms with Crippen molar-refractivity contribution in [3.8, 4) is 0 Å². The van der Waals surface area contributed by atoms with Crippen molar-refractivity contribution < 1.29 is 4.52 Å². The molecule has 2 atom stereocenters. The van der Waals surface area contributed by atoms with E-state index in [9.17, 15) is 0 Å². The van der Waals surface area contributed by atoms with Crippen molar-refractivity contribution in [1.82, 2.24) is 15.0 Å². The number of hydrogen-bond donors (Lipinski definition) is 1. The van der Waals surface area contributed by atoms with Crippen LogP contribution >= 0.6 is 11.8 Å². The lowest BCUT2D eigenvalue weighted by Gasteiger charge is -2.12. The Hall–Kier alpha value is -0.590. The number of thioether (sulfide) groups is 1. The van der Waals surface area contributed by atoms with Crippen molar-refractivity contribution in [3.63, 3.8) is 0 Å². The maximum atomic E-state index is 5.97. The van der Waals surface area contributed by atoms with Gasteiger partial charge in [0, 0.05) is 6.54 Å². The minimum atomic E-state index is -0.168. The highest BCUT2D eigenvalue weighted by atomic mass is 32.2. The number of nitrogens with zero attached hydrogens (tertiary/aromatic N) is 3. The highest BCUT2D eigenvalue weighted by molar-refractivity contribution is 7.99. The predicted octanol–water partition coefficient (Wildman–Crippen LogP) is 1.20. The zero-order valence-electron chi connectivity index (χ0n) is 9.72. The van der Waals surface area contributed by atoms with Crippen molar-refractivity contribution in [3.05, 3.63) is 11.7 Å². The van der Waals surface area contributed by atoms with Gasteiger partial charge in [-0.25, -0.2) is 0 Å². The molecule has 2 heterocycles. The maximum Gasteiger partial charge on any atom is 0.239 e. The molecule has 0 saturated carbocycles. The van der Waals surface area contributed by atoms with Gasteiger partial charge in [0.25, 0.3) is 0 Å². The lowest BCUT2D eigenvalue weighted by molar-refractivity contribution is 0.345. The maximum absolute atomic E-state index is 5.97. The van der Waals surface area contributed by atoms with Gasteiger partial charge in [-0.2, -0.15) is 4.98 Å². The monoisotopic (exact) mass is 242 g/mol. The minimum Gasteiger partial charge on any atom is -0.338 e. The van der Waals surface area contributed by atoms with Crippen LogP contribution < -0.4 is 5.73 Å². The van der Waals surface area contributed by atoms with Gasteiger partial charge < -0.3 is 15.2 Å². The van der Waals surface area contributed by atoms with Crippen molar-refractivity contribution in [2.24, 2.45) is 5.73 Å². The Labute approximate surface area is 99.8 Å². The number of hydrogen-bond acceptors (Lipinski definition) is 6. The van der Waals surface area contributed by atoms with Crippen molar-refractivity contribution in [2.45, 2.75) is 24.1 Å². The average molecular weight is 242 g/mol. The Morgan fingerprint density at radius 1 is 1.62 bits per heavy atom. The van der Waals surface area contributed by atoms with Gasteiger partial charge in [-0.05, 0) is 32.7 Å². The van der Waals surface area contributed by atoms with E-state index in [0.717, 1.165) is 18.9 Å². The molecule has 2 unspecified atom stereocenters. The molecule has 0 radical (unpaired) electrons. The summed E-state index contributed by atoms with van der Waals surface area (Å²) in [6.07, 6.45) is 2.37. The third-order valence-corrected chi connectivity index (χ3v) is 3.92. The van der Waals surface area contributed by atoms with Crippen LogP contribution in [0.3, 0.4) is 0 Å². The molecule has 1 aliphatic rings. The molecule has 0 aliphatic carbocycles. The summed E-state index contributed by atoms with van der Waals surface area (Å²) in [5, 5.41) is 4.34. The molecule has 6 heteroatoms. The molecule has 2 N–H and O–H groups in total. The quantitative estimate of drug-likeness (QED) is 0.855. The van der Waals surface area contributed by atoms with Crippen LogP contribution in [0.15, 0.2) is 4.52 Å². The zero-order chi connectivity index (χ0) is 11.5. The summed E-state index contributed by atoms with van der Waals surface area (Å²) in [7, 11) is 3.96. The number of likely N-dealkylation sites (N-methyl/N-ethyl adjacent to an activating group) is 1. The first kappa shape index (κ1) is 11.9. The average Bonchev–Trinajstić information content (AvgIpc) is 2.87. The van der Waals surface area contributed by atoms with E-state index in [-0.39, 0.29) is 6.04 Å². The molecule has 2 rings (SSSR count). The largest absolute Gasteiger partial charge is 0.338 e. The summed E-state index contributed by atoms with van der Waals surface area (Å²) in [4.78, 5) is 6.41. The lowest BCUT2D eigenvalue weighted by Crippen LogP contribution is -2.26. The normalized spacial score (nSPS) is 22.9. The van der Waals surface area contributed by atoms with Gasteiger partial charge in [0.15, 0.2) is 5.82 Å². The molecule has 0 spiro atoms. The minimum absolute atomic E-state index is 0.168. The van der Waals surface area contributed by atoms with E-state index in [1.807, 2.05) is 30.8 Å². The number of aromatic nitrogens is 2. The van der Waals surface area contributed by atoms with Gasteiger partial charge in [-0.15, -0.1) is 11.8 Å². The van der Waals surface area contributed by atoms with Gasteiger partial charge in [0.2, 0.25) is 5.89 Å². The molecule has 1 saturated heterocycles. The van der Waals surface area contributed by atoms with Crippen molar-refractivity contribution in [1.29, 1.82) is 0 Å². The Kier molecular flexibility index (Phi) is 3.83. The molecule has 0 aromatic carbocycles. The second-order valence-electron chi connectivity index (χ2n) is 4.36. The van der Waals surface area contributed by atoms with E-state index < -0.39 is 0 Å². The summed E-state index contributed by atoms with van der Waals surface area (Å²) < 4.78 is 5.27. The first-order valence-electron chi connectivity index (χ1n) is 5.52. The first-order chi connectivity index (χ1) is 7.66. The third-order valence-electron chi connectivity index (χ3n) is 2.56. The topological polar surface area (TPSA) is 68.2 Å². The highest BCUT2D eigenvalue weighted by Gasteiger charge is 2.25. The molecule has 1 aromatic heterocycles. The van der Waals surface area contributed by atoms with Crippen LogP contribution in [-0.4, -0.2) is 41.4 Å². The SMILES string of the molecule is CN(C)CC(N)c1noc(C2CCCS2)n1. The molecule has 0 amide bonds. The molecular formula is C10H18N4OS. The second-order valence-corrected chi connectivity index (χ2v) is 5.67. The smallest absolute Gasteiger partial charge is 0.239 e. The van der Waals surface area contributed by atoms with E-state index >= 15 is 0 Å². The van der Waals surface area contributed by atoms with E-state index in [4.69, 9.17) is 10.3 Å². The highest BCUT2D eigenvalue weighted by Crippen LogP contribution is 2.38. The molecule has 1 aliphatic heterocycles. The molecule has 90 valence electrons. The summed E-state index contributed by atoms with van der Waals surface area (Å²) in [5.41, 5.74) is 5.97. The molecule has 0 bridgehead atoms. The number of rotatable bonds is 4. The van der Waals surface area contributed by atoms with Gasteiger partial charge >= 0.3 is 0 Å². The zero-order valence-corrected chi connectivity index (χ0v) is 10.5. The molecule has 1 fully saturated rings. The van der Waals surface area contributed by atoms with Crippen molar-refractivity contribution >= 4 is 11.8 Å². The van der Waals surface area contributed by atoms with Crippen LogP contribution in [0.25, 0.3) is 0 Å². The van der Waals surface area contributed by atoms with Crippen LogP contribution in [0.4, 0.5) is 0 Å². The summed E-state index contributed by atoms with van der Waals surface area (Å²) >= 11 is 1.89. The standard InChI is InChI=1S/C10H18N4OS/c1-14(2)6-7(11)9-12-10(15-13-9)8-4-3-5-16-8/h7-8H,3-6,11H2,1-2H3. The van der Waals surface area contributed by atoms with Gasteiger partial charge in [0.05, 0.1) is 11.3 Å². The fourth-order valence-corrected chi connectivity index (χ4v) is 2.97. The molecular weight excluding hydrogens is 224 g/mol. The van der Waals surface area contributed by atoms with Crippen LogP contribution in [0.5, 0.6) is 0 Å². The van der Waals surface area contributed by atoms with E-state index in [1.54, 1.807) is 0 Å². The Morgan fingerprint density at radius 3 is 3.06 bits per heavy atom. The van der Waals surface area contributed by atoms with Crippen LogP contribution in [0.1, 0.15) is 35.8 Å². The van der Waals surface area contributed by atoms with Gasteiger partial charge in [-0.3, -0.25) is 0 Å². The lowest BCUT2D eigenvalue weighted by atomic mass is 10.2. The van der Waals surface area contributed by atoms with Gasteiger partial charge in [-0.1, -0.05) is 5.16 Å². The van der Waals surface area contributed by atoms with Crippen LogP contribution in [0, 0.1) is 0 Å². The van der Waals surface area contributed by atoms with Gasteiger partial charge in [0.1, 0.15) is 0 Å². The van der Waals surface area contributed by atoms with Crippen LogP contribution in [-0.2, 0) is 0 Å². The fourth-order valence-electron chi connectivity index (χ4n) is 1.78. The van der Waals surface area contributed by atoms with E-state index in [2.05, 4.69) is 10.1 Å². The Balaban J connectivity index is 2.00. The molecule has 5 nitrogen and oxygen atoms in total.